The summed E-state index contributed by atoms with van der Waals surface area (Å²) in [5, 5.41) is 7.05. The molecule has 4 aliphatic rings. The summed E-state index contributed by atoms with van der Waals surface area (Å²) in [6.45, 7) is 6.19. The first-order chi connectivity index (χ1) is 20.1. The molecule has 4 aromatic rings. The second-order valence-electron chi connectivity index (χ2n) is 12.7. The molecule has 2 aliphatic carbocycles. The highest BCUT2D eigenvalue weighted by Gasteiger charge is 2.43. The normalized spacial score (nSPS) is 22.9. The summed E-state index contributed by atoms with van der Waals surface area (Å²) < 4.78 is 0. The van der Waals surface area contributed by atoms with Crippen LogP contribution < -0.4 is 10.6 Å². The van der Waals surface area contributed by atoms with E-state index in [4.69, 9.17) is 4.98 Å². The quantitative estimate of drug-likeness (QED) is 0.203. The molecule has 1 saturated carbocycles. The van der Waals surface area contributed by atoms with Crippen LogP contribution in [0.3, 0.4) is 0 Å². The highest BCUT2D eigenvalue weighted by molar-refractivity contribution is 5.80. The van der Waals surface area contributed by atoms with E-state index in [2.05, 4.69) is 88.0 Å². The van der Waals surface area contributed by atoms with Crippen molar-refractivity contribution in [3.63, 3.8) is 0 Å². The first-order valence-corrected chi connectivity index (χ1v) is 15.3. The van der Waals surface area contributed by atoms with Crippen LogP contribution in [0.5, 0.6) is 0 Å². The number of rotatable bonds is 5. The number of imidazole rings is 2. The van der Waals surface area contributed by atoms with Crippen LogP contribution in [0.25, 0.3) is 33.6 Å². The second-order valence-corrected chi connectivity index (χ2v) is 12.7. The molecule has 0 saturated heterocycles. The summed E-state index contributed by atoms with van der Waals surface area (Å²) >= 11 is 0. The van der Waals surface area contributed by atoms with Crippen molar-refractivity contribution in [2.75, 3.05) is 13.1 Å². The van der Waals surface area contributed by atoms with Crippen LogP contribution in [-0.2, 0) is 11.8 Å². The monoisotopic (exact) mass is 542 g/mol. The van der Waals surface area contributed by atoms with Crippen LogP contribution >= 0.6 is 0 Å². The Bertz CT molecular complexity index is 1680. The number of aromatic amines is 2. The van der Waals surface area contributed by atoms with Crippen LogP contribution in [-0.4, -0.2) is 33.0 Å². The molecule has 2 atom stereocenters. The zero-order chi connectivity index (χ0) is 27.6. The van der Waals surface area contributed by atoms with Gasteiger partial charge in [0.1, 0.15) is 11.6 Å². The zero-order valence-corrected chi connectivity index (χ0v) is 24.0. The molecule has 6 nitrogen and oxygen atoms in total. The molecule has 2 aromatic heterocycles. The summed E-state index contributed by atoms with van der Waals surface area (Å²) in [4.78, 5) is 16.7. The Balaban J connectivity index is 1.14. The summed E-state index contributed by atoms with van der Waals surface area (Å²) in [5.41, 5.74) is 13.6. The number of hydrogen-bond donors (Lipinski definition) is 4. The maximum absolute atomic E-state index is 4.80. The lowest BCUT2D eigenvalue weighted by molar-refractivity contribution is 0.440. The summed E-state index contributed by atoms with van der Waals surface area (Å²) in [6, 6.07) is 14.2. The molecule has 0 bridgehead atoms. The zero-order valence-electron chi connectivity index (χ0n) is 24.0. The van der Waals surface area contributed by atoms with E-state index in [0.29, 0.717) is 5.41 Å². The minimum atomic E-state index is 0.174. The van der Waals surface area contributed by atoms with E-state index >= 15 is 0 Å². The summed E-state index contributed by atoms with van der Waals surface area (Å²) in [6.07, 6.45) is 16.2. The van der Waals surface area contributed by atoms with Crippen molar-refractivity contribution in [3.8, 4) is 33.6 Å². The molecule has 208 valence electrons. The SMILES string of the molecule is CC1=CC(c2ncc(-c3ccc(-c4ccc(-c5cnc(C6C=C(C)CN6)[nH]5)c5c4C4(CCCC4)CC5)cc3)[nH]2)NC1. The van der Waals surface area contributed by atoms with Gasteiger partial charge in [0, 0.05) is 18.7 Å². The van der Waals surface area contributed by atoms with Gasteiger partial charge in [-0.15, -0.1) is 0 Å². The van der Waals surface area contributed by atoms with Gasteiger partial charge in [0.15, 0.2) is 0 Å². The van der Waals surface area contributed by atoms with Crippen molar-refractivity contribution >= 4 is 0 Å². The fraction of sp³-hybridized carbons (Fsp3) is 0.371. The maximum Gasteiger partial charge on any atom is 0.127 e. The Kier molecular flexibility index (Phi) is 5.90. The number of H-pyrrole nitrogens is 2. The summed E-state index contributed by atoms with van der Waals surface area (Å²) in [5.74, 6) is 1.99. The average Bonchev–Trinajstić information content (AvgIpc) is 3.83. The minimum absolute atomic E-state index is 0.174. The Morgan fingerprint density at radius 1 is 0.683 bits per heavy atom. The number of hydrogen-bond acceptors (Lipinski definition) is 4. The molecule has 0 amide bonds. The molecule has 41 heavy (non-hydrogen) atoms. The van der Waals surface area contributed by atoms with Gasteiger partial charge in [-0.25, -0.2) is 9.97 Å². The van der Waals surface area contributed by atoms with Crippen molar-refractivity contribution in [3.05, 3.63) is 94.9 Å². The fourth-order valence-corrected chi connectivity index (χ4v) is 7.85. The first kappa shape index (κ1) is 25.0. The highest BCUT2D eigenvalue weighted by Crippen LogP contribution is 2.55. The van der Waals surface area contributed by atoms with E-state index in [0.717, 1.165) is 42.5 Å². The van der Waals surface area contributed by atoms with E-state index in [1.807, 2.05) is 12.4 Å². The standard InChI is InChI=1S/C35H38N6/c1-21-15-28(36-17-21)33-38-19-30(40-33)24-7-5-23(6-8-24)25-9-10-26(27-11-14-35(32(25)27)12-3-4-13-35)31-20-39-34(41-31)29-16-22(2)18-37-29/h5-10,15-16,19-20,28-29,36-37H,3-4,11-14,17-18H2,1-2H3,(H,38,40)(H,39,41). The molecule has 2 unspecified atom stereocenters. The number of benzene rings is 2. The van der Waals surface area contributed by atoms with Gasteiger partial charge in [-0.05, 0) is 72.8 Å². The van der Waals surface area contributed by atoms with Crippen LogP contribution in [0.2, 0.25) is 0 Å². The van der Waals surface area contributed by atoms with E-state index in [1.165, 1.54) is 71.1 Å². The first-order valence-electron chi connectivity index (χ1n) is 15.3. The number of aromatic nitrogens is 4. The number of nitrogens with one attached hydrogen (secondary N) is 4. The predicted octanol–water partition coefficient (Wildman–Crippen LogP) is 7.07. The highest BCUT2D eigenvalue weighted by atomic mass is 15.0. The number of nitrogens with zero attached hydrogens (tertiary/aromatic N) is 2. The topological polar surface area (TPSA) is 81.4 Å². The molecule has 4 heterocycles. The van der Waals surface area contributed by atoms with Crippen LogP contribution in [0.1, 0.15) is 80.8 Å². The molecule has 2 aliphatic heterocycles. The van der Waals surface area contributed by atoms with Crippen LogP contribution in [0.15, 0.2) is 72.1 Å². The number of fused-ring (bicyclic) bond motifs is 2. The van der Waals surface area contributed by atoms with Crippen molar-refractivity contribution in [1.29, 1.82) is 0 Å². The largest absolute Gasteiger partial charge is 0.340 e. The smallest absolute Gasteiger partial charge is 0.127 e. The Labute approximate surface area is 241 Å². The average molecular weight is 543 g/mol. The van der Waals surface area contributed by atoms with E-state index < -0.39 is 0 Å². The van der Waals surface area contributed by atoms with E-state index in [1.54, 1.807) is 5.56 Å². The van der Waals surface area contributed by atoms with Gasteiger partial charge in [0.05, 0.1) is 35.9 Å². The minimum Gasteiger partial charge on any atom is -0.340 e. The van der Waals surface area contributed by atoms with Gasteiger partial charge in [0.2, 0.25) is 0 Å². The molecule has 0 radical (unpaired) electrons. The Morgan fingerprint density at radius 3 is 1.90 bits per heavy atom. The molecule has 1 spiro atoms. The van der Waals surface area contributed by atoms with Gasteiger partial charge in [0.25, 0.3) is 0 Å². The van der Waals surface area contributed by atoms with Gasteiger partial charge in [-0.3, -0.25) is 0 Å². The molecule has 1 fully saturated rings. The Morgan fingerprint density at radius 2 is 1.27 bits per heavy atom. The van der Waals surface area contributed by atoms with Crippen LogP contribution in [0.4, 0.5) is 0 Å². The molecular formula is C35H38N6. The maximum atomic E-state index is 4.80. The van der Waals surface area contributed by atoms with E-state index in [-0.39, 0.29) is 12.1 Å². The van der Waals surface area contributed by atoms with Crippen LogP contribution in [0, 0.1) is 0 Å². The van der Waals surface area contributed by atoms with Gasteiger partial charge >= 0.3 is 0 Å². The van der Waals surface area contributed by atoms with Crippen molar-refractivity contribution in [1.82, 2.24) is 30.6 Å². The lowest BCUT2D eigenvalue weighted by Crippen LogP contribution is -2.19. The van der Waals surface area contributed by atoms with E-state index in [9.17, 15) is 0 Å². The fourth-order valence-electron chi connectivity index (χ4n) is 7.85. The lowest BCUT2D eigenvalue weighted by atomic mass is 9.76. The third-order valence-electron chi connectivity index (χ3n) is 9.94. The molecule has 8 rings (SSSR count). The van der Waals surface area contributed by atoms with Gasteiger partial charge in [-0.2, -0.15) is 0 Å². The lowest BCUT2D eigenvalue weighted by Gasteiger charge is -2.28. The molecule has 2 aromatic carbocycles. The summed E-state index contributed by atoms with van der Waals surface area (Å²) in [7, 11) is 0. The molecule has 4 N–H and O–H groups in total. The van der Waals surface area contributed by atoms with Gasteiger partial charge < -0.3 is 20.6 Å². The van der Waals surface area contributed by atoms with Gasteiger partial charge in [-0.1, -0.05) is 72.5 Å². The molecule has 6 heteroatoms. The molecular weight excluding hydrogens is 504 g/mol. The van der Waals surface area contributed by atoms with Crippen molar-refractivity contribution in [2.45, 2.75) is 69.9 Å². The van der Waals surface area contributed by atoms with Crippen molar-refractivity contribution < 1.29 is 0 Å². The predicted molar refractivity (Wildman–Crippen MR) is 165 cm³/mol. The van der Waals surface area contributed by atoms with Crippen molar-refractivity contribution in [2.24, 2.45) is 0 Å². The third-order valence-corrected chi connectivity index (χ3v) is 9.94. The third kappa shape index (κ3) is 4.23. The Hall–Kier alpha value is -3.74. The second kappa shape index (κ2) is 9.68.